The fourth-order valence-corrected chi connectivity index (χ4v) is 3.71. The smallest absolute Gasteiger partial charge is 0.307 e. The number of amides is 1. The minimum Gasteiger partial charge on any atom is -0.309 e. The molecule has 1 amide bonds. The molecule has 1 aliphatic rings. The van der Waals surface area contributed by atoms with Gasteiger partial charge < -0.3 is 9.47 Å². The van der Waals surface area contributed by atoms with E-state index in [9.17, 15) is 9.59 Å². The number of fused-ring (bicyclic) bond motifs is 1. The van der Waals surface area contributed by atoms with Crippen molar-refractivity contribution >= 4 is 22.9 Å². The van der Waals surface area contributed by atoms with Crippen molar-refractivity contribution < 1.29 is 4.79 Å². The third kappa shape index (κ3) is 2.53. The maximum absolute atomic E-state index is 12.6. The number of carbonyl (C=O) groups excluding carboxylic acids is 1. The summed E-state index contributed by atoms with van der Waals surface area (Å²) in [4.78, 5) is 26.1. The molecule has 0 radical (unpaired) electrons. The van der Waals surface area contributed by atoms with Crippen molar-refractivity contribution in [3.8, 4) is 0 Å². The molecule has 0 saturated heterocycles. The third-order valence-electron chi connectivity index (χ3n) is 4.00. The van der Waals surface area contributed by atoms with Gasteiger partial charge in [-0.1, -0.05) is 29.5 Å². The van der Waals surface area contributed by atoms with Gasteiger partial charge in [0.25, 0.3) is 0 Å². The first-order chi connectivity index (χ1) is 10.1. The summed E-state index contributed by atoms with van der Waals surface area (Å²) in [6.07, 6.45) is 1.26. The van der Waals surface area contributed by atoms with Crippen molar-refractivity contribution in [1.82, 2.24) is 4.57 Å². The van der Waals surface area contributed by atoms with Crippen molar-refractivity contribution in [2.45, 2.75) is 39.3 Å². The van der Waals surface area contributed by atoms with Crippen LogP contribution in [-0.4, -0.2) is 16.5 Å². The molecule has 0 fully saturated rings. The molecule has 2 aromatic rings. The second kappa shape index (κ2) is 5.48. The molecule has 0 N–H and O–H groups in total. The highest BCUT2D eigenvalue weighted by molar-refractivity contribution is 7.07. The summed E-state index contributed by atoms with van der Waals surface area (Å²) in [6, 6.07) is 8.24. The van der Waals surface area contributed by atoms with Crippen LogP contribution in [0.15, 0.2) is 34.4 Å². The lowest BCUT2D eigenvalue weighted by Gasteiger charge is -2.23. The fourth-order valence-electron chi connectivity index (χ4n) is 2.95. The van der Waals surface area contributed by atoms with E-state index in [1.54, 1.807) is 4.57 Å². The number of benzene rings is 1. The normalized spacial score (nSPS) is 17.0. The number of para-hydroxylation sites is 1. The van der Waals surface area contributed by atoms with Crippen molar-refractivity contribution in [1.29, 1.82) is 0 Å². The number of thiazole rings is 1. The van der Waals surface area contributed by atoms with Gasteiger partial charge in [-0.25, -0.2) is 0 Å². The molecule has 0 aliphatic carbocycles. The van der Waals surface area contributed by atoms with Crippen LogP contribution in [-0.2, 0) is 17.8 Å². The Morgan fingerprint density at radius 3 is 2.86 bits per heavy atom. The molecule has 5 heteroatoms. The van der Waals surface area contributed by atoms with Crippen molar-refractivity contribution in [2.75, 3.05) is 4.90 Å². The minimum absolute atomic E-state index is 0.00942. The van der Waals surface area contributed by atoms with Crippen molar-refractivity contribution in [3.05, 3.63) is 50.6 Å². The zero-order valence-corrected chi connectivity index (χ0v) is 13.0. The van der Waals surface area contributed by atoms with Crippen molar-refractivity contribution in [3.63, 3.8) is 0 Å². The molecule has 1 atom stereocenters. The summed E-state index contributed by atoms with van der Waals surface area (Å²) in [5, 5.41) is 1.83. The van der Waals surface area contributed by atoms with E-state index in [1.165, 1.54) is 16.9 Å². The van der Waals surface area contributed by atoms with E-state index in [1.807, 2.05) is 35.4 Å². The molecular formula is C16H18N2O2S. The molecule has 3 rings (SSSR count). The number of carbonyl (C=O) groups is 1. The largest absolute Gasteiger partial charge is 0.309 e. The average Bonchev–Trinajstić information content (AvgIpc) is 2.96. The second-order valence-electron chi connectivity index (χ2n) is 5.49. The fraction of sp³-hybridized carbons (Fsp3) is 0.375. The first-order valence-electron chi connectivity index (χ1n) is 7.13. The SMILES string of the molecule is Cc1csc(=O)n1CCC(=O)N1c2ccccc2C[C@@H]1C. The molecule has 0 unspecified atom stereocenters. The molecule has 0 bridgehead atoms. The van der Waals surface area contributed by atoms with Gasteiger partial charge >= 0.3 is 4.87 Å². The summed E-state index contributed by atoms with van der Waals surface area (Å²) in [5.41, 5.74) is 3.17. The average molecular weight is 302 g/mol. The molecular weight excluding hydrogens is 284 g/mol. The van der Waals surface area contributed by atoms with Gasteiger partial charge in [0.05, 0.1) is 0 Å². The van der Waals surface area contributed by atoms with Gasteiger partial charge in [0.1, 0.15) is 0 Å². The lowest BCUT2D eigenvalue weighted by molar-refractivity contribution is -0.119. The van der Waals surface area contributed by atoms with E-state index in [0.717, 1.165) is 17.8 Å². The summed E-state index contributed by atoms with van der Waals surface area (Å²) in [6.45, 7) is 4.43. The van der Waals surface area contributed by atoms with Crippen LogP contribution in [0.5, 0.6) is 0 Å². The summed E-state index contributed by atoms with van der Waals surface area (Å²) < 4.78 is 1.68. The van der Waals surface area contributed by atoms with Crippen LogP contribution in [0.2, 0.25) is 0 Å². The Bertz CT molecular complexity index is 732. The van der Waals surface area contributed by atoms with Gasteiger partial charge in [-0.2, -0.15) is 0 Å². The van der Waals surface area contributed by atoms with Gasteiger partial charge in [-0.3, -0.25) is 9.59 Å². The number of rotatable bonds is 3. The third-order valence-corrected chi connectivity index (χ3v) is 4.88. The number of aromatic nitrogens is 1. The summed E-state index contributed by atoms with van der Waals surface area (Å²) >= 11 is 1.19. The van der Waals surface area contributed by atoms with E-state index in [2.05, 4.69) is 13.0 Å². The Labute approximate surface area is 127 Å². The zero-order valence-electron chi connectivity index (χ0n) is 12.2. The Morgan fingerprint density at radius 2 is 2.14 bits per heavy atom. The monoisotopic (exact) mass is 302 g/mol. The molecule has 1 aromatic carbocycles. The van der Waals surface area contributed by atoms with Crippen LogP contribution in [0, 0.1) is 6.92 Å². The van der Waals surface area contributed by atoms with Crippen molar-refractivity contribution in [2.24, 2.45) is 0 Å². The lowest BCUT2D eigenvalue weighted by atomic mass is 10.1. The molecule has 4 nitrogen and oxygen atoms in total. The quantitative estimate of drug-likeness (QED) is 0.874. The van der Waals surface area contributed by atoms with E-state index in [-0.39, 0.29) is 16.8 Å². The molecule has 110 valence electrons. The summed E-state index contributed by atoms with van der Waals surface area (Å²) in [7, 11) is 0. The summed E-state index contributed by atoms with van der Waals surface area (Å²) in [5.74, 6) is 0.0879. The van der Waals surface area contributed by atoms with Gasteiger partial charge in [0.15, 0.2) is 0 Å². The second-order valence-corrected chi connectivity index (χ2v) is 6.31. The zero-order chi connectivity index (χ0) is 15.0. The van der Waals surface area contributed by atoms with Crippen LogP contribution in [0.4, 0.5) is 5.69 Å². The van der Waals surface area contributed by atoms with Crippen LogP contribution in [0.3, 0.4) is 0 Å². The van der Waals surface area contributed by atoms with Gasteiger partial charge in [0.2, 0.25) is 5.91 Å². The van der Waals surface area contributed by atoms with Crippen LogP contribution >= 0.6 is 11.3 Å². The number of hydrogen-bond donors (Lipinski definition) is 0. The van der Waals surface area contributed by atoms with Crippen LogP contribution < -0.4 is 9.77 Å². The van der Waals surface area contributed by atoms with Gasteiger partial charge in [-0.15, -0.1) is 0 Å². The highest BCUT2D eigenvalue weighted by Crippen LogP contribution is 2.32. The Balaban J connectivity index is 1.76. The number of aryl methyl sites for hydroxylation is 1. The van der Waals surface area contributed by atoms with E-state index < -0.39 is 0 Å². The number of anilines is 1. The molecule has 21 heavy (non-hydrogen) atoms. The van der Waals surface area contributed by atoms with E-state index >= 15 is 0 Å². The lowest BCUT2D eigenvalue weighted by Crippen LogP contribution is -2.36. The highest BCUT2D eigenvalue weighted by Gasteiger charge is 2.30. The Morgan fingerprint density at radius 1 is 1.38 bits per heavy atom. The van der Waals surface area contributed by atoms with Gasteiger partial charge in [-0.05, 0) is 31.9 Å². The number of nitrogens with zero attached hydrogens (tertiary/aromatic N) is 2. The Kier molecular flexibility index (Phi) is 3.68. The van der Waals surface area contributed by atoms with E-state index in [0.29, 0.717) is 13.0 Å². The maximum Gasteiger partial charge on any atom is 0.307 e. The number of hydrogen-bond acceptors (Lipinski definition) is 3. The van der Waals surface area contributed by atoms with Gasteiger partial charge in [0, 0.05) is 35.8 Å². The highest BCUT2D eigenvalue weighted by atomic mass is 32.1. The first-order valence-corrected chi connectivity index (χ1v) is 8.01. The Hall–Kier alpha value is -1.88. The molecule has 2 heterocycles. The minimum atomic E-state index is 0.00942. The van der Waals surface area contributed by atoms with Crippen LogP contribution in [0.25, 0.3) is 0 Å². The predicted octanol–water partition coefficient (Wildman–Crippen LogP) is 2.59. The first kappa shape index (κ1) is 14.1. The topological polar surface area (TPSA) is 42.3 Å². The predicted molar refractivity (Wildman–Crippen MR) is 85.0 cm³/mol. The van der Waals surface area contributed by atoms with Crippen LogP contribution in [0.1, 0.15) is 24.6 Å². The molecule has 0 saturated carbocycles. The standard InChI is InChI=1S/C16H18N2O2S/c1-11-9-13-5-3-4-6-14(13)18(11)15(19)7-8-17-12(2)10-21-16(17)20/h3-6,10-11H,7-9H2,1-2H3/t11-/m0/s1. The van der Waals surface area contributed by atoms with E-state index in [4.69, 9.17) is 0 Å². The molecule has 1 aromatic heterocycles. The molecule has 0 spiro atoms. The maximum atomic E-state index is 12.6. The molecule has 1 aliphatic heterocycles.